The van der Waals surface area contributed by atoms with Crippen molar-refractivity contribution in [3.05, 3.63) is 11.9 Å². The molecule has 0 spiro atoms. The van der Waals surface area contributed by atoms with Crippen LogP contribution in [-0.2, 0) is 7.05 Å². The van der Waals surface area contributed by atoms with Crippen LogP contribution in [0.4, 0.5) is 18.9 Å². The third-order valence-corrected chi connectivity index (χ3v) is 2.38. The first-order valence-electron chi connectivity index (χ1n) is 5.04. The lowest BCUT2D eigenvalue weighted by molar-refractivity contribution is -0.152. The van der Waals surface area contributed by atoms with Crippen molar-refractivity contribution < 1.29 is 18.4 Å². The second-order valence-electron chi connectivity index (χ2n) is 3.80. The van der Waals surface area contributed by atoms with Gasteiger partial charge in [-0.1, -0.05) is 5.16 Å². The fourth-order valence-electron chi connectivity index (χ4n) is 1.44. The average molecular weight is 265 g/mol. The molecule has 0 bridgehead atoms. The summed E-state index contributed by atoms with van der Waals surface area (Å²) in [6.07, 6.45) is -3.03. The third kappa shape index (κ3) is 3.28. The van der Waals surface area contributed by atoms with Gasteiger partial charge in [-0.3, -0.25) is 4.68 Å². The number of hydrogen-bond donors (Lipinski definition) is 3. The fraction of sp³-hybridized carbons (Fsp3) is 0.556. The monoisotopic (exact) mass is 265 g/mol. The van der Waals surface area contributed by atoms with Gasteiger partial charge in [0.05, 0.1) is 11.4 Å². The highest BCUT2D eigenvalue weighted by molar-refractivity contribution is 5.83. The van der Waals surface area contributed by atoms with E-state index in [1.807, 2.05) is 0 Å². The molecule has 0 aromatic carbocycles. The first-order valence-corrected chi connectivity index (χ1v) is 5.04. The molecule has 1 heterocycles. The van der Waals surface area contributed by atoms with Crippen molar-refractivity contribution >= 4 is 11.5 Å². The van der Waals surface area contributed by atoms with E-state index in [9.17, 15) is 13.2 Å². The van der Waals surface area contributed by atoms with E-state index in [0.29, 0.717) is 11.4 Å². The Morgan fingerprint density at radius 1 is 1.67 bits per heavy atom. The van der Waals surface area contributed by atoms with Crippen molar-refractivity contribution in [1.29, 1.82) is 0 Å². The molecular weight excluding hydrogens is 251 g/mol. The Bertz CT molecular complexity index is 440. The summed E-state index contributed by atoms with van der Waals surface area (Å²) in [5, 5.41) is 17.3. The molecule has 1 atom stereocenters. The number of nitrogens with two attached hydrogens (primary N) is 1. The van der Waals surface area contributed by atoms with Gasteiger partial charge < -0.3 is 16.3 Å². The number of amidine groups is 1. The highest BCUT2D eigenvalue weighted by Gasteiger charge is 2.42. The van der Waals surface area contributed by atoms with E-state index in [4.69, 9.17) is 10.9 Å². The summed E-state index contributed by atoms with van der Waals surface area (Å²) in [5.41, 5.74) is 6.07. The lowest BCUT2D eigenvalue weighted by atomic mass is 10.1. The summed E-state index contributed by atoms with van der Waals surface area (Å²) in [6, 6.07) is 0. The lowest BCUT2D eigenvalue weighted by Crippen LogP contribution is -2.40. The molecule has 0 amide bonds. The van der Waals surface area contributed by atoms with Gasteiger partial charge in [-0.15, -0.1) is 0 Å². The van der Waals surface area contributed by atoms with Crippen molar-refractivity contribution in [3.63, 3.8) is 0 Å². The second-order valence-corrected chi connectivity index (χ2v) is 3.80. The van der Waals surface area contributed by atoms with Gasteiger partial charge in [-0.2, -0.15) is 18.3 Å². The molecule has 102 valence electrons. The fourth-order valence-corrected chi connectivity index (χ4v) is 1.44. The van der Waals surface area contributed by atoms with E-state index >= 15 is 0 Å². The topological polar surface area (TPSA) is 88.5 Å². The molecule has 0 saturated heterocycles. The molecule has 0 aliphatic carbocycles. The maximum Gasteiger partial charge on any atom is 0.400 e. The summed E-state index contributed by atoms with van der Waals surface area (Å²) >= 11 is 0. The first-order chi connectivity index (χ1) is 8.25. The number of alkyl halides is 3. The molecule has 0 radical (unpaired) electrons. The number of anilines is 1. The molecule has 9 heteroatoms. The highest BCUT2D eigenvalue weighted by atomic mass is 19.4. The number of nitrogens with one attached hydrogen (secondary N) is 1. The molecular formula is C9H14F3N5O. The van der Waals surface area contributed by atoms with Gasteiger partial charge in [-0.25, -0.2) is 0 Å². The molecule has 1 aromatic heterocycles. The van der Waals surface area contributed by atoms with Crippen LogP contribution in [0, 0.1) is 12.8 Å². The van der Waals surface area contributed by atoms with Crippen molar-refractivity contribution in [2.45, 2.75) is 13.1 Å². The number of aromatic nitrogens is 2. The normalized spacial score (nSPS) is 14.6. The second kappa shape index (κ2) is 5.15. The highest BCUT2D eigenvalue weighted by Crippen LogP contribution is 2.27. The van der Waals surface area contributed by atoms with E-state index in [1.165, 1.54) is 4.68 Å². The van der Waals surface area contributed by atoms with Crippen LogP contribution >= 0.6 is 0 Å². The molecule has 4 N–H and O–H groups in total. The molecule has 1 aromatic rings. The SMILES string of the molecule is Cc1nn(C)cc1NCC(/C(N)=N/O)C(F)(F)F. The smallest absolute Gasteiger partial charge is 0.400 e. The van der Waals surface area contributed by atoms with E-state index in [1.54, 1.807) is 20.2 Å². The molecule has 1 unspecified atom stereocenters. The predicted octanol–water partition coefficient (Wildman–Crippen LogP) is 1.07. The Balaban J connectivity index is 2.78. The van der Waals surface area contributed by atoms with Gasteiger partial charge >= 0.3 is 6.18 Å². The van der Waals surface area contributed by atoms with E-state index in [-0.39, 0.29) is 0 Å². The molecule has 0 saturated carbocycles. The van der Waals surface area contributed by atoms with Gasteiger partial charge in [0, 0.05) is 19.8 Å². The molecule has 6 nitrogen and oxygen atoms in total. The molecule has 0 aliphatic heterocycles. The Kier molecular flexibility index (Phi) is 4.04. The summed E-state index contributed by atoms with van der Waals surface area (Å²) in [4.78, 5) is 0. The van der Waals surface area contributed by atoms with Gasteiger partial charge in [0.1, 0.15) is 5.92 Å². The van der Waals surface area contributed by atoms with Gasteiger partial charge in [0.2, 0.25) is 0 Å². The summed E-state index contributed by atoms with van der Waals surface area (Å²) in [7, 11) is 1.66. The quantitative estimate of drug-likeness (QED) is 0.329. The minimum atomic E-state index is -4.58. The summed E-state index contributed by atoms with van der Waals surface area (Å²) in [5.74, 6) is -2.93. The van der Waals surface area contributed by atoms with Gasteiger partial charge in [-0.05, 0) is 6.92 Å². The maximum atomic E-state index is 12.6. The lowest BCUT2D eigenvalue weighted by Gasteiger charge is -2.19. The average Bonchev–Trinajstić information content (AvgIpc) is 2.55. The summed E-state index contributed by atoms with van der Waals surface area (Å²) in [6.45, 7) is 1.14. The van der Waals surface area contributed by atoms with E-state index in [0.717, 1.165) is 0 Å². The molecule has 1 rings (SSSR count). The molecule has 0 fully saturated rings. The van der Waals surface area contributed by atoms with Crippen LogP contribution in [0.2, 0.25) is 0 Å². The Morgan fingerprint density at radius 2 is 2.28 bits per heavy atom. The van der Waals surface area contributed by atoms with E-state index in [2.05, 4.69) is 15.6 Å². The minimum absolute atomic E-state index is 0.470. The van der Waals surface area contributed by atoms with Crippen LogP contribution in [0.15, 0.2) is 11.4 Å². The number of aryl methyl sites for hydroxylation is 2. The minimum Gasteiger partial charge on any atom is -0.409 e. The summed E-state index contributed by atoms with van der Waals surface area (Å²) < 4.78 is 39.4. The van der Waals surface area contributed by atoms with Crippen molar-refractivity contribution in [1.82, 2.24) is 9.78 Å². The molecule has 18 heavy (non-hydrogen) atoms. The first kappa shape index (κ1) is 14.1. The third-order valence-electron chi connectivity index (χ3n) is 2.38. The molecule has 0 aliphatic rings. The van der Waals surface area contributed by atoms with Crippen LogP contribution in [0.5, 0.6) is 0 Å². The predicted molar refractivity (Wildman–Crippen MR) is 59.4 cm³/mol. The van der Waals surface area contributed by atoms with Crippen LogP contribution in [0.3, 0.4) is 0 Å². The van der Waals surface area contributed by atoms with Gasteiger partial charge in [0.15, 0.2) is 5.84 Å². The van der Waals surface area contributed by atoms with Crippen LogP contribution in [0.25, 0.3) is 0 Å². The van der Waals surface area contributed by atoms with Crippen LogP contribution < -0.4 is 11.1 Å². The standard InChI is InChI=1S/C9H14F3N5O/c1-5-7(4-17(2)15-5)14-3-6(8(13)16-18)9(10,11)12/h4,6,14,18H,3H2,1-2H3,(H2,13,16). The zero-order valence-corrected chi connectivity index (χ0v) is 9.86. The maximum absolute atomic E-state index is 12.6. The number of halogens is 3. The Labute approximate surface area is 101 Å². The van der Waals surface area contributed by atoms with Gasteiger partial charge in [0.25, 0.3) is 0 Å². The van der Waals surface area contributed by atoms with Crippen molar-refractivity contribution in [3.8, 4) is 0 Å². The van der Waals surface area contributed by atoms with Crippen molar-refractivity contribution in [2.24, 2.45) is 23.9 Å². The van der Waals surface area contributed by atoms with Crippen LogP contribution in [-0.4, -0.2) is 33.5 Å². The zero-order valence-electron chi connectivity index (χ0n) is 9.86. The van der Waals surface area contributed by atoms with Crippen molar-refractivity contribution in [2.75, 3.05) is 11.9 Å². The Hall–Kier alpha value is -1.93. The Morgan fingerprint density at radius 3 is 2.67 bits per heavy atom. The number of rotatable bonds is 4. The number of oxime groups is 1. The zero-order chi connectivity index (χ0) is 13.9. The number of nitrogens with zero attached hydrogens (tertiary/aromatic N) is 3. The van der Waals surface area contributed by atoms with E-state index < -0.39 is 24.5 Å². The van der Waals surface area contributed by atoms with Crippen LogP contribution in [0.1, 0.15) is 5.69 Å². The largest absolute Gasteiger partial charge is 0.409 e. The number of hydrogen-bond acceptors (Lipinski definition) is 4.